The Morgan fingerprint density at radius 3 is 2.74 bits per heavy atom. The molecule has 104 valence electrons. The Bertz CT molecular complexity index is 437. The second-order valence-electron chi connectivity index (χ2n) is 6.97. The maximum absolute atomic E-state index is 2.47. The summed E-state index contributed by atoms with van der Waals surface area (Å²) in [6.07, 6.45) is 7.24. The zero-order valence-electron chi connectivity index (χ0n) is 12.6. The summed E-state index contributed by atoms with van der Waals surface area (Å²) in [5, 5.41) is 1.75. The Kier molecular flexibility index (Phi) is 3.99. The van der Waals surface area contributed by atoms with Crippen LogP contribution in [0.5, 0.6) is 0 Å². The van der Waals surface area contributed by atoms with Crippen LogP contribution in [0.2, 0.25) is 0 Å². The van der Waals surface area contributed by atoms with Crippen molar-refractivity contribution in [2.24, 2.45) is 17.8 Å². The molecule has 19 heavy (non-hydrogen) atoms. The molecule has 2 aliphatic rings. The molecule has 2 unspecified atom stereocenters. The predicted molar refractivity (Wildman–Crippen MR) is 86.7 cm³/mol. The number of aryl methyl sites for hydroxylation is 1. The Labute approximate surface area is 119 Å². The highest BCUT2D eigenvalue weighted by Gasteiger charge is 2.38. The van der Waals surface area contributed by atoms with Gasteiger partial charge in [0.2, 0.25) is 0 Å². The van der Waals surface area contributed by atoms with E-state index in [1.54, 1.807) is 10.9 Å². The molecule has 1 aromatic carbocycles. The fourth-order valence-electron chi connectivity index (χ4n) is 4.22. The van der Waals surface area contributed by atoms with E-state index >= 15 is 0 Å². The highest BCUT2D eigenvalue weighted by molar-refractivity contribution is 7.66. The van der Waals surface area contributed by atoms with Crippen molar-refractivity contribution in [2.75, 3.05) is 6.16 Å². The summed E-state index contributed by atoms with van der Waals surface area (Å²) in [4.78, 5) is 0. The van der Waals surface area contributed by atoms with Crippen LogP contribution in [-0.4, -0.2) is 11.8 Å². The van der Waals surface area contributed by atoms with E-state index in [-0.39, 0.29) is 7.92 Å². The molecule has 1 aliphatic heterocycles. The van der Waals surface area contributed by atoms with Crippen molar-refractivity contribution < 1.29 is 0 Å². The summed E-state index contributed by atoms with van der Waals surface area (Å²) in [5.74, 6) is 2.80. The molecule has 1 aliphatic carbocycles. The third kappa shape index (κ3) is 2.62. The molecule has 0 N–H and O–H groups in total. The van der Waals surface area contributed by atoms with Gasteiger partial charge in [0.05, 0.1) is 0 Å². The highest BCUT2D eigenvalue weighted by Crippen LogP contribution is 2.55. The van der Waals surface area contributed by atoms with Gasteiger partial charge in [-0.3, -0.25) is 0 Å². The molecule has 1 heterocycles. The molecule has 0 amide bonds. The lowest BCUT2D eigenvalue weighted by molar-refractivity contribution is 0.241. The van der Waals surface area contributed by atoms with E-state index < -0.39 is 0 Å². The first kappa shape index (κ1) is 13.6. The molecule has 1 fully saturated rings. The molecular formula is C18H27P. The zero-order valence-corrected chi connectivity index (χ0v) is 13.5. The van der Waals surface area contributed by atoms with Crippen LogP contribution in [-0.2, 0) is 6.42 Å². The first-order chi connectivity index (χ1) is 9.16. The average molecular weight is 274 g/mol. The Morgan fingerprint density at radius 2 is 1.95 bits per heavy atom. The lowest BCUT2D eigenvalue weighted by Gasteiger charge is -2.41. The Morgan fingerprint density at radius 1 is 1.16 bits per heavy atom. The molecule has 0 aromatic heterocycles. The van der Waals surface area contributed by atoms with Crippen LogP contribution in [0.1, 0.15) is 45.6 Å². The predicted octanol–water partition coefficient (Wildman–Crippen LogP) is 4.81. The topological polar surface area (TPSA) is 0 Å². The minimum absolute atomic E-state index is 0.122. The number of benzene rings is 1. The minimum Gasteiger partial charge on any atom is -0.0712 e. The van der Waals surface area contributed by atoms with Gasteiger partial charge >= 0.3 is 0 Å². The summed E-state index contributed by atoms with van der Waals surface area (Å²) in [5.41, 5.74) is 2.66. The molecule has 4 atom stereocenters. The van der Waals surface area contributed by atoms with Gasteiger partial charge in [-0.2, -0.15) is 0 Å². The number of hydrogen-bond acceptors (Lipinski definition) is 0. The van der Waals surface area contributed by atoms with Crippen molar-refractivity contribution in [3.63, 3.8) is 0 Å². The van der Waals surface area contributed by atoms with Gasteiger partial charge in [0.25, 0.3) is 0 Å². The molecule has 0 spiro atoms. The molecule has 0 radical (unpaired) electrons. The maximum Gasteiger partial charge on any atom is -0.0135 e. The first-order valence-electron chi connectivity index (χ1n) is 8.01. The first-order valence-corrected chi connectivity index (χ1v) is 9.61. The molecular weight excluding hydrogens is 247 g/mol. The van der Waals surface area contributed by atoms with E-state index in [1.165, 1.54) is 31.8 Å². The SMILES string of the molecule is CC(C)[C@H]1CC[C@H](C)CC1P1CCc2ccccc21. The number of hydrogen-bond donors (Lipinski definition) is 0. The van der Waals surface area contributed by atoms with Crippen LogP contribution in [0.3, 0.4) is 0 Å². The summed E-state index contributed by atoms with van der Waals surface area (Å²) in [7, 11) is 0.122. The second kappa shape index (κ2) is 5.57. The number of fused-ring (bicyclic) bond motifs is 1. The minimum atomic E-state index is 0.122. The van der Waals surface area contributed by atoms with Crippen LogP contribution in [0.15, 0.2) is 24.3 Å². The Hall–Kier alpha value is -0.350. The lowest BCUT2D eigenvalue weighted by atomic mass is 9.77. The summed E-state index contributed by atoms with van der Waals surface area (Å²) in [6, 6.07) is 9.29. The molecule has 1 saturated carbocycles. The monoisotopic (exact) mass is 274 g/mol. The van der Waals surface area contributed by atoms with Gasteiger partial charge in [0.15, 0.2) is 0 Å². The van der Waals surface area contributed by atoms with E-state index in [9.17, 15) is 0 Å². The van der Waals surface area contributed by atoms with Gasteiger partial charge in [-0.25, -0.2) is 0 Å². The molecule has 0 saturated heterocycles. The quantitative estimate of drug-likeness (QED) is 0.679. The third-order valence-electron chi connectivity index (χ3n) is 5.31. The number of rotatable bonds is 2. The molecule has 3 rings (SSSR count). The van der Waals surface area contributed by atoms with Crippen LogP contribution in [0.25, 0.3) is 0 Å². The highest BCUT2D eigenvalue weighted by atomic mass is 31.1. The molecule has 1 heteroatoms. The summed E-state index contributed by atoms with van der Waals surface area (Å²) in [6.45, 7) is 7.37. The van der Waals surface area contributed by atoms with E-state index in [4.69, 9.17) is 0 Å². The van der Waals surface area contributed by atoms with Crippen molar-refractivity contribution in [3.8, 4) is 0 Å². The second-order valence-corrected chi connectivity index (χ2v) is 9.50. The van der Waals surface area contributed by atoms with Crippen molar-refractivity contribution in [3.05, 3.63) is 29.8 Å². The van der Waals surface area contributed by atoms with Crippen molar-refractivity contribution in [2.45, 2.75) is 52.1 Å². The van der Waals surface area contributed by atoms with Gasteiger partial charge in [-0.05, 0) is 59.7 Å². The van der Waals surface area contributed by atoms with Gasteiger partial charge in [-0.1, -0.05) is 59.4 Å². The van der Waals surface area contributed by atoms with Crippen LogP contribution >= 0.6 is 7.92 Å². The zero-order chi connectivity index (χ0) is 13.4. The normalized spacial score (nSPS) is 34.5. The lowest BCUT2D eigenvalue weighted by Crippen LogP contribution is -2.32. The van der Waals surface area contributed by atoms with Gasteiger partial charge in [-0.15, -0.1) is 0 Å². The standard InChI is InChI=1S/C18H27P/c1-13(2)16-9-8-14(3)12-18(16)19-11-10-15-6-4-5-7-17(15)19/h4-7,13-14,16,18H,8-12H2,1-3H3/t14-,16+,18?,19?/m0/s1. The largest absolute Gasteiger partial charge is 0.0712 e. The van der Waals surface area contributed by atoms with E-state index in [1.807, 2.05) is 0 Å². The van der Waals surface area contributed by atoms with Crippen LogP contribution in [0, 0.1) is 17.8 Å². The Balaban J connectivity index is 1.87. The van der Waals surface area contributed by atoms with Crippen LogP contribution < -0.4 is 5.30 Å². The summed E-state index contributed by atoms with van der Waals surface area (Å²) >= 11 is 0. The molecule has 0 bridgehead atoms. The van der Waals surface area contributed by atoms with Crippen LogP contribution in [0.4, 0.5) is 0 Å². The van der Waals surface area contributed by atoms with E-state index in [0.717, 1.165) is 23.4 Å². The van der Waals surface area contributed by atoms with Crippen molar-refractivity contribution >= 4 is 13.2 Å². The van der Waals surface area contributed by atoms with Crippen molar-refractivity contribution in [1.29, 1.82) is 0 Å². The summed E-state index contributed by atoms with van der Waals surface area (Å²) < 4.78 is 0. The fraction of sp³-hybridized carbons (Fsp3) is 0.667. The molecule has 1 aromatic rings. The van der Waals surface area contributed by atoms with E-state index in [2.05, 4.69) is 45.0 Å². The third-order valence-corrected chi connectivity index (χ3v) is 8.47. The maximum atomic E-state index is 2.47. The van der Waals surface area contributed by atoms with Gasteiger partial charge in [0.1, 0.15) is 0 Å². The van der Waals surface area contributed by atoms with Gasteiger partial charge in [0, 0.05) is 0 Å². The van der Waals surface area contributed by atoms with Crippen molar-refractivity contribution in [1.82, 2.24) is 0 Å². The fourth-order valence-corrected chi connectivity index (χ4v) is 8.03. The molecule has 0 nitrogen and oxygen atoms in total. The van der Waals surface area contributed by atoms with E-state index in [0.29, 0.717) is 0 Å². The van der Waals surface area contributed by atoms with Gasteiger partial charge < -0.3 is 0 Å². The average Bonchev–Trinajstić information content (AvgIpc) is 2.82. The smallest absolute Gasteiger partial charge is 0.0135 e.